The molecule has 6 nitrogen and oxygen atoms in total. The number of carbonyl (C=O) groups is 2. The van der Waals surface area contributed by atoms with Gasteiger partial charge in [-0.1, -0.05) is 19.8 Å². The van der Waals surface area contributed by atoms with Crippen molar-refractivity contribution in [3.8, 4) is 0 Å². The van der Waals surface area contributed by atoms with E-state index in [1.165, 1.54) is 0 Å². The van der Waals surface area contributed by atoms with E-state index in [2.05, 4.69) is 10.4 Å². The van der Waals surface area contributed by atoms with Gasteiger partial charge in [-0.15, -0.1) is 0 Å². The maximum absolute atomic E-state index is 12.6. The van der Waals surface area contributed by atoms with E-state index in [9.17, 15) is 14.7 Å². The molecule has 1 fully saturated rings. The Morgan fingerprint density at radius 2 is 2.10 bits per heavy atom. The van der Waals surface area contributed by atoms with Crippen molar-refractivity contribution in [2.24, 2.45) is 13.0 Å². The highest BCUT2D eigenvalue weighted by atomic mass is 16.4. The Kier molecular flexibility index (Phi) is 4.07. The van der Waals surface area contributed by atoms with E-state index in [0.29, 0.717) is 30.0 Å². The van der Waals surface area contributed by atoms with Crippen LogP contribution >= 0.6 is 0 Å². The summed E-state index contributed by atoms with van der Waals surface area (Å²) in [5.41, 5.74) is 0.700. The summed E-state index contributed by atoms with van der Waals surface area (Å²) >= 11 is 0. The maximum Gasteiger partial charge on any atom is 0.329 e. The molecule has 21 heavy (non-hydrogen) atoms. The topological polar surface area (TPSA) is 84.2 Å². The molecule has 2 unspecified atom stereocenters. The van der Waals surface area contributed by atoms with Gasteiger partial charge in [-0.2, -0.15) is 5.10 Å². The largest absolute Gasteiger partial charge is 0.480 e. The molecular formula is C15H23N3O3. The number of amides is 1. The van der Waals surface area contributed by atoms with Crippen LogP contribution < -0.4 is 5.32 Å². The normalized spacial score (nSPS) is 25.6. The Morgan fingerprint density at radius 1 is 1.43 bits per heavy atom. The van der Waals surface area contributed by atoms with E-state index in [1.54, 1.807) is 18.7 Å². The van der Waals surface area contributed by atoms with Crippen molar-refractivity contribution >= 4 is 11.9 Å². The van der Waals surface area contributed by atoms with E-state index < -0.39 is 11.5 Å². The van der Waals surface area contributed by atoms with Crippen LogP contribution in [0.25, 0.3) is 0 Å². The maximum atomic E-state index is 12.6. The summed E-state index contributed by atoms with van der Waals surface area (Å²) in [6.07, 6.45) is 2.79. The van der Waals surface area contributed by atoms with Crippen LogP contribution in [0.3, 0.4) is 0 Å². The van der Waals surface area contributed by atoms with Crippen LogP contribution in [-0.2, 0) is 11.8 Å². The summed E-state index contributed by atoms with van der Waals surface area (Å²) in [6.45, 7) is 5.61. The number of aliphatic carboxylic acids is 1. The molecule has 1 aliphatic rings. The zero-order valence-electron chi connectivity index (χ0n) is 13.1. The number of nitrogens with zero attached hydrogens (tertiary/aromatic N) is 2. The van der Waals surface area contributed by atoms with Crippen LogP contribution in [0.5, 0.6) is 0 Å². The second kappa shape index (κ2) is 5.50. The molecule has 0 aromatic carbocycles. The van der Waals surface area contributed by atoms with Gasteiger partial charge in [-0.25, -0.2) is 4.79 Å². The molecule has 1 aliphatic carbocycles. The van der Waals surface area contributed by atoms with Gasteiger partial charge >= 0.3 is 5.97 Å². The van der Waals surface area contributed by atoms with Crippen LogP contribution in [0.4, 0.5) is 0 Å². The van der Waals surface area contributed by atoms with Crippen LogP contribution in [0.2, 0.25) is 0 Å². The quantitative estimate of drug-likeness (QED) is 0.890. The van der Waals surface area contributed by atoms with Gasteiger partial charge in [-0.05, 0) is 32.6 Å². The van der Waals surface area contributed by atoms with Crippen LogP contribution in [-0.4, -0.2) is 32.3 Å². The minimum atomic E-state index is -1.15. The van der Waals surface area contributed by atoms with Crippen LogP contribution in [0.1, 0.15) is 54.4 Å². The fraction of sp³-hybridized carbons (Fsp3) is 0.667. The Balaban J connectivity index is 2.29. The first kappa shape index (κ1) is 15.5. The molecule has 1 saturated carbocycles. The summed E-state index contributed by atoms with van der Waals surface area (Å²) in [5, 5.41) is 16.6. The van der Waals surface area contributed by atoms with Crippen molar-refractivity contribution in [3.05, 3.63) is 17.0 Å². The Labute approximate surface area is 124 Å². The van der Waals surface area contributed by atoms with Gasteiger partial charge in [0.1, 0.15) is 5.54 Å². The van der Waals surface area contributed by atoms with Gasteiger partial charge in [0.25, 0.3) is 5.91 Å². The molecule has 2 N–H and O–H groups in total. The lowest BCUT2D eigenvalue weighted by atomic mass is 9.76. The van der Waals surface area contributed by atoms with Crippen molar-refractivity contribution in [1.82, 2.24) is 15.1 Å². The van der Waals surface area contributed by atoms with Crippen molar-refractivity contribution in [2.75, 3.05) is 0 Å². The van der Waals surface area contributed by atoms with E-state index in [1.807, 2.05) is 13.8 Å². The molecule has 0 radical (unpaired) electrons. The first-order valence-electron chi connectivity index (χ1n) is 7.33. The molecule has 1 amide bonds. The minimum absolute atomic E-state index is 0.297. The molecule has 0 aliphatic heterocycles. The smallest absolute Gasteiger partial charge is 0.329 e. The number of nitrogens with one attached hydrogen (secondary N) is 1. The van der Waals surface area contributed by atoms with E-state index >= 15 is 0 Å². The molecule has 2 rings (SSSR count). The lowest BCUT2D eigenvalue weighted by Crippen LogP contribution is -2.57. The lowest BCUT2D eigenvalue weighted by molar-refractivity contribution is -0.146. The third kappa shape index (κ3) is 2.80. The fourth-order valence-electron chi connectivity index (χ4n) is 3.29. The number of carbonyl (C=O) groups excluding carboxylic acids is 1. The molecule has 1 heterocycles. The minimum Gasteiger partial charge on any atom is -0.480 e. The van der Waals surface area contributed by atoms with Crippen molar-refractivity contribution in [1.29, 1.82) is 0 Å². The van der Waals surface area contributed by atoms with E-state index in [-0.39, 0.29) is 5.91 Å². The SMILES string of the molecule is Cc1nn(C)c(C)c1C(=O)NC1(C(=O)O)CCCC(C)C1. The summed E-state index contributed by atoms with van der Waals surface area (Å²) in [5.74, 6) is -0.984. The number of carboxylic acids is 1. The highest BCUT2D eigenvalue weighted by Gasteiger charge is 2.43. The average Bonchev–Trinajstić information content (AvgIpc) is 2.62. The molecule has 2 atom stereocenters. The number of carboxylic acid groups (broad SMARTS) is 1. The fourth-order valence-corrected chi connectivity index (χ4v) is 3.29. The second-order valence-electron chi connectivity index (χ2n) is 6.21. The van der Waals surface area contributed by atoms with E-state index in [0.717, 1.165) is 18.5 Å². The number of hydrogen-bond acceptors (Lipinski definition) is 3. The van der Waals surface area contributed by atoms with Gasteiger partial charge < -0.3 is 10.4 Å². The molecule has 1 aromatic heterocycles. The first-order chi connectivity index (χ1) is 9.77. The molecule has 0 saturated heterocycles. The molecule has 0 bridgehead atoms. The summed E-state index contributed by atoms with van der Waals surface area (Å²) < 4.78 is 1.64. The number of aromatic nitrogens is 2. The first-order valence-corrected chi connectivity index (χ1v) is 7.33. The highest BCUT2D eigenvalue weighted by molar-refractivity contribution is 5.99. The zero-order chi connectivity index (χ0) is 15.8. The van der Waals surface area contributed by atoms with Gasteiger partial charge in [0.15, 0.2) is 0 Å². The molecule has 1 aromatic rings. The number of aryl methyl sites for hydroxylation is 2. The highest BCUT2D eigenvalue weighted by Crippen LogP contribution is 2.33. The summed E-state index contributed by atoms with van der Waals surface area (Å²) in [4.78, 5) is 24.3. The molecule has 116 valence electrons. The number of rotatable bonds is 3. The summed E-state index contributed by atoms with van der Waals surface area (Å²) in [7, 11) is 1.77. The monoisotopic (exact) mass is 293 g/mol. The second-order valence-corrected chi connectivity index (χ2v) is 6.21. The Morgan fingerprint density at radius 3 is 2.57 bits per heavy atom. The lowest BCUT2D eigenvalue weighted by Gasteiger charge is -2.37. The van der Waals surface area contributed by atoms with Crippen LogP contribution in [0, 0.1) is 19.8 Å². The molecular weight excluding hydrogens is 270 g/mol. The van der Waals surface area contributed by atoms with Gasteiger partial charge in [0.2, 0.25) is 0 Å². The van der Waals surface area contributed by atoms with Crippen molar-refractivity contribution in [3.63, 3.8) is 0 Å². The van der Waals surface area contributed by atoms with Gasteiger partial charge in [-0.3, -0.25) is 9.48 Å². The zero-order valence-corrected chi connectivity index (χ0v) is 13.1. The summed E-state index contributed by atoms with van der Waals surface area (Å²) in [6, 6.07) is 0. The number of hydrogen-bond donors (Lipinski definition) is 2. The predicted octanol–water partition coefficient (Wildman–Crippen LogP) is 1.80. The Bertz CT molecular complexity index is 579. The van der Waals surface area contributed by atoms with E-state index in [4.69, 9.17) is 0 Å². The molecule has 0 spiro atoms. The average molecular weight is 293 g/mol. The van der Waals surface area contributed by atoms with Crippen molar-refractivity contribution in [2.45, 2.75) is 52.0 Å². The Hall–Kier alpha value is -1.85. The van der Waals surface area contributed by atoms with Gasteiger partial charge in [0.05, 0.1) is 11.3 Å². The predicted molar refractivity (Wildman–Crippen MR) is 78.1 cm³/mol. The standard InChI is InChI=1S/C15H23N3O3/c1-9-6-5-7-15(8-9,14(20)21)16-13(19)12-10(2)17-18(4)11(12)3/h9H,5-8H2,1-4H3,(H,16,19)(H,20,21). The van der Waals surface area contributed by atoms with Crippen molar-refractivity contribution < 1.29 is 14.7 Å². The third-order valence-electron chi connectivity index (χ3n) is 4.50. The van der Waals surface area contributed by atoms with Gasteiger partial charge in [0, 0.05) is 12.7 Å². The molecule has 6 heteroatoms. The van der Waals surface area contributed by atoms with Crippen LogP contribution in [0.15, 0.2) is 0 Å². The third-order valence-corrected chi connectivity index (χ3v) is 4.50.